The highest BCUT2D eigenvalue weighted by Crippen LogP contribution is 2.25. The highest BCUT2D eigenvalue weighted by atomic mass is 16.6. The number of aromatic hydroxyl groups is 1. The number of benzene rings is 1. The summed E-state index contributed by atoms with van der Waals surface area (Å²) in [6.07, 6.45) is 1.13. The van der Waals surface area contributed by atoms with Crippen LogP contribution < -0.4 is 10.7 Å². The maximum Gasteiger partial charge on any atom is 0.329 e. The van der Waals surface area contributed by atoms with Crippen LogP contribution in [0.3, 0.4) is 0 Å². The second kappa shape index (κ2) is 7.72. The molecule has 0 spiro atoms. The van der Waals surface area contributed by atoms with Gasteiger partial charge in [-0.25, -0.2) is 5.43 Å². The van der Waals surface area contributed by atoms with Gasteiger partial charge in [0.15, 0.2) is 5.75 Å². The van der Waals surface area contributed by atoms with Crippen LogP contribution in [0.1, 0.15) is 19.4 Å². The fraction of sp³-hybridized carbons (Fsp3) is 0.308. The van der Waals surface area contributed by atoms with Gasteiger partial charge in [0.2, 0.25) is 0 Å². The molecule has 0 radical (unpaired) electrons. The molecule has 1 rings (SSSR count). The van der Waals surface area contributed by atoms with Crippen molar-refractivity contribution >= 4 is 23.7 Å². The maximum absolute atomic E-state index is 11.4. The number of nitro groups is 1. The van der Waals surface area contributed by atoms with E-state index in [2.05, 4.69) is 10.4 Å². The third-order valence-electron chi connectivity index (χ3n) is 2.45. The van der Waals surface area contributed by atoms with Crippen molar-refractivity contribution in [3.63, 3.8) is 0 Å². The van der Waals surface area contributed by atoms with E-state index in [1.165, 1.54) is 6.07 Å². The molecule has 0 bridgehead atoms. The van der Waals surface area contributed by atoms with E-state index in [0.29, 0.717) is 6.54 Å². The molecule has 0 heterocycles. The number of amides is 2. The van der Waals surface area contributed by atoms with Crippen molar-refractivity contribution in [3.05, 3.63) is 33.9 Å². The van der Waals surface area contributed by atoms with Crippen molar-refractivity contribution in [2.45, 2.75) is 13.8 Å². The van der Waals surface area contributed by atoms with Crippen molar-refractivity contribution in [1.82, 2.24) is 10.7 Å². The number of phenols is 1. The smallest absolute Gasteiger partial charge is 0.329 e. The molecular formula is C13H16N4O5. The van der Waals surface area contributed by atoms with Crippen molar-refractivity contribution < 1.29 is 19.6 Å². The second-order valence-corrected chi connectivity index (χ2v) is 4.81. The van der Waals surface area contributed by atoms with E-state index in [0.717, 1.165) is 18.3 Å². The molecule has 0 aliphatic heterocycles. The number of nitrogens with one attached hydrogen (secondary N) is 2. The van der Waals surface area contributed by atoms with E-state index in [-0.39, 0.29) is 11.5 Å². The Labute approximate surface area is 126 Å². The van der Waals surface area contributed by atoms with Gasteiger partial charge >= 0.3 is 17.5 Å². The largest absolute Gasteiger partial charge is 0.502 e. The Morgan fingerprint density at radius 3 is 2.68 bits per heavy atom. The highest BCUT2D eigenvalue weighted by molar-refractivity contribution is 6.35. The molecule has 0 aromatic heterocycles. The Bertz CT molecular complexity index is 612. The number of phenolic OH excluding ortho intramolecular Hbond substituents is 1. The Balaban J connectivity index is 2.62. The van der Waals surface area contributed by atoms with Gasteiger partial charge in [0.05, 0.1) is 11.1 Å². The average molecular weight is 308 g/mol. The molecule has 118 valence electrons. The lowest BCUT2D eigenvalue weighted by molar-refractivity contribution is -0.385. The fourth-order valence-corrected chi connectivity index (χ4v) is 1.36. The summed E-state index contributed by atoms with van der Waals surface area (Å²) in [6.45, 7) is 4.13. The minimum atomic E-state index is -0.940. The van der Waals surface area contributed by atoms with Crippen LogP contribution in [-0.2, 0) is 9.59 Å². The molecule has 0 fully saturated rings. The molecule has 0 aliphatic rings. The molecule has 0 aliphatic carbocycles. The van der Waals surface area contributed by atoms with Crippen LogP contribution in [0.15, 0.2) is 23.3 Å². The first-order chi connectivity index (χ1) is 10.3. The molecule has 1 aromatic rings. The van der Waals surface area contributed by atoms with Gasteiger partial charge in [-0.15, -0.1) is 0 Å². The standard InChI is InChI=1S/C13H16N4O5/c1-8(2)6-14-12(19)13(20)16-15-7-9-3-4-11(18)10(5-9)17(21)22/h3-5,7-8,18H,6H2,1-2H3,(H,14,19)(H,16,20)/b15-7-. The maximum atomic E-state index is 11.4. The van der Waals surface area contributed by atoms with Gasteiger partial charge in [-0.2, -0.15) is 5.10 Å². The molecule has 1 aromatic carbocycles. The van der Waals surface area contributed by atoms with E-state index in [4.69, 9.17) is 0 Å². The Morgan fingerprint density at radius 1 is 1.41 bits per heavy atom. The van der Waals surface area contributed by atoms with Gasteiger partial charge in [-0.3, -0.25) is 19.7 Å². The number of carbonyl (C=O) groups excluding carboxylic acids is 2. The van der Waals surface area contributed by atoms with Gasteiger partial charge < -0.3 is 10.4 Å². The first-order valence-electron chi connectivity index (χ1n) is 6.40. The number of nitro benzene ring substituents is 1. The monoisotopic (exact) mass is 308 g/mol. The van der Waals surface area contributed by atoms with Crippen molar-refractivity contribution in [2.24, 2.45) is 11.0 Å². The summed E-state index contributed by atoms with van der Waals surface area (Å²) in [4.78, 5) is 32.7. The number of hydrogen-bond acceptors (Lipinski definition) is 6. The number of hydrogen-bond donors (Lipinski definition) is 3. The molecule has 3 N–H and O–H groups in total. The van der Waals surface area contributed by atoms with Crippen molar-refractivity contribution in [1.29, 1.82) is 0 Å². The summed E-state index contributed by atoms with van der Waals surface area (Å²) in [6, 6.07) is 3.59. The normalized spacial score (nSPS) is 10.7. The molecule has 22 heavy (non-hydrogen) atoms. The average Bonchev–Trinajstić information content (AvgIpc) is 2.45. The van der Waals surface area contributed by atoms with Crippen LogP contribution >= 0.6 is 0 Å². The van der Waals surface area contributed by atoms with Crippen LogP contribution in [0.5, 0.6) is 5.75 Å². The summed E-state index contributed by atoms with van der Waals surface area (Å²) in [5.74, 6) is -2.02. The molecule has 0 saturated heterocycles. The molecule has 2 amide bonds. The first-order valence-corrected chi connectivity index (χ1v) is 6.40. The second-order valence-electron chi connectivity index (χ2n) is 4.81. The lowest BCUT2D eigenvalue weighted by Gasteiger charge is -2.05. The minimum Gasteiger partial charge on any atom is -0.502 e. The van der Waals surface area contributed by atoms with Crippen molar-refractivity contribution in [2.75, 3.05) is 6.54 Å². The van der Waals surface area contributed by atoms with Crippen LogP contribution in [0, 0.1) is 16.0 Å². The quantitative estimate of drug-likeness (QED) is 0.315. The summed E-state index contributed by atoms with van der Waals surface area (Å²) in [5, 5.41) is 25.9. The first kappa shape index (κ1) is 17.1. The van der Waals surface area contributed by atoms with E-state index >= 15 is 0 Å². The molecular weight excluding hydrogens is 292 g/mol. The third-order valence-corrected chi connectivity index (χ3v) is 2.45. The lowest BCUT2D eigenvalue weighted by atomic mass is 10.2. The summed E-state index contributed by atoms with van der Waals surface area (Å²) in [5.41, 5.74) is 1.81. The fourth-order valence-electron chi connectivity index (χ4n) is 1.36. The number of rotatable bonds is 5. The van der Waals surface area contributed by atoms with E-state index in [1.807, 2.05) is 19.3 Å². The number of hydrazone groups is 1. The third kappa shape index (κ3) is 5.19. The number of nitrogens with zero attached hydrogens (tertiary/aromatic N) is 2. The molecule has 0 saturated carbocycles. The summed E-state index contributed by atoms with van der Waals surface area (Å²) in [7, 11) is 0. The number of carbonyl (C=O) groups is 2. The topological polar surface area (TPSA) is 134 Å². The zero-order chi connectivity index (χ0) is 16.7. The minimum absolute atomic E-state index is 0.206. The Morgan fingerprint density at radius 2 is 2.09 bits per heavy atom. The zero-order valence-electron chi connectivity index (χ0n) is 12.1. The molecule has 9 heteroatoms. The zero-order valence-corrected chi connectivity index (χ0v) is 12.1. The van der Waals surface area contributed by atoms with Crippen LogP contribution in [0.25, 0.3) is 0 Å². The van der Waals surface area contributed by atoms with Gasteiger partial charge in [-0.1, -0.05) is 13.8 Å². The lowest BCUT2D eigenvalue weighted by Crippen LogP contribution is -2.39. The van der Waals surface area contributed by atoms with E-state index < -0.39 is 28.2 Å². The predicted octanol–water partition coefficient (Wildman–Crippen LogP) is 0.523. The van der Waals surface area contributed by atoms with Crippen LogP contribution in [0.2, 0.25) is 0 Å². The van der Waals surface area contributed by atoms with Gasteiger partial charge in [-0.05, 0) is 18.1 Å². The van der Waals surface area contributed by atoms with Crippen LogP contribution in [0.4, 0.5) is 5.69 Å². The van der Waals surface area contributed by atoms with Crippen LogP contribution in [-0.4, -0.2) is 34.6 Å². The predicted molar refractivity (Wildman–Crippen MR) is 78.3 cm³/mol. The van der Waals surface area contributed by atoms with Gasteiger partial charge in [0, 0.05) is 18.2 Å². The SMILES string of the molecule is CC(C)CNC(=O)C(=O)N/N=C\c1ccc(O)c([N+](=O)[O-])c1. The van der Waals surface area contributed by atoms with Gasteiger partial charge in [0.25, 0.3) is 0 Å². The Kier molecular flexibility index (Phi) is 5.99. The van der Waals surface area contributed by atoms with Crippen molar-refractivity contribution in [3.8, 4) is 5.75 Å². The van der Waals surface area contributed by atoms with E-state index in [9.17, 15) is 24.8 Å². The van der Waals surface area contributed by atoms with Gasteiger partial charge in [0.1, 0.15) is 0 Å². The molecule has 9 nitrogen and oxygen atoms in total. The summed E-state index contributed by atoms with van der Waals surface area (Å²) < 4.78 is 0. The molecule has 0 atom stereocenters. The Hall–Kier alpha value is -2.97. The van der Waals surface area contributed by atoms with E-state index in [1.54, 1.807) is 0 Å². The highest BCUT2D eigenvalue weighted by Gasteiger charge is 2.14. The molecule has 0 unspecified atom stereocenters. The summed E-state index contributed by atoms with van der Waals surface area (Å²) >= 11 is 0.